The van der Waals surface area contributed by atoms with E-state index in [0.717, 1.165) is 5.56 Å². The van der Waals surface area contributed by atoms with E-state index in [-0.39, 0.29) is 6.10 Å². The minimum absolute atomic E-state index is 0.0175. The fourth-order valence-electron chi connectivity index (χ4n) is 1.88. The Morgan fingerprint density at radius 3 is 2.60 bits per heavy atom. The topological polar surface area (TPSA) is 35.2 Å². The van der Waals surface area contributed by atoms with Crippen LogP contribution in [0.1, 0.15) is 11.7 Å². The molecule has 0 radical (unpaired) electrons. The average Bonchev–Trinajstić information content (AvgIpc) is 2.31. The average molecular weight is 201 g/mol. The van der Waals surface area contributed by atoms with Gasteiger partial charge in [0.15, 0.2) is 0 Å². The Morgan fingerprint density at radius 2 is 1.87 bits per heavy atom. The maximum Gasteiger partial charge on any atom is 0.0949 e. The van der Waals surface area contributed by atoms with Crippen molar-refractivity contribution in [3.05, 3.63) is 48.0 Å². The first kappa shape index (κ1) is 10.1. The molecule has 0 spiro atoms. The number of hydrogen-bond donors (Lipinski definition) is 1. The van der Waals surface area contributed by atoms with E-state index in [1.54, 1.807) is 7.11 Å². The third kappa shape index (κ3) is 1.87. The maximum atomic E-state index is 5.68. The minimum Gasteiger partial charge on any atom is -0.375 e. The third-order valence-corrected chi connectivity index (χ3v) is 2.67. The zero-order chi connectivity index (χ0) is 10.7. The summed E-state index contributed by atoms with van der Waals surface area (Å²) in [5.41, 5.74) is 6.85. The molecule has 0 saturated carbocycles. The van der Waals surface area contributed by atoms with Crippen LogP contribution in [0.15, 0.2) is 42.5 Å². The van der Waals surface area contributed by atoms with Crippen LogP contribution in [0.4, 0.5) is 0 Å². The van der Waals surface area contributed by atoms with Gasteiger partial charge in [-0.3, -0.25) is 0 Å². The smallest absolute Gasteiger partial charge is 0.0949 e. The Morgan fingerprint density at radius 1 is 1.13 bits per heavy atom. The molecule has 1 atom stereocenters. The summed E-state index contributed by atoms with van der Waals surface area (Å²) in [4.78, 5) is 0. The number of methoxy groups -OCH3 is 1. The van der Waals surface area contributed by atoms with E-state index in [9.17, 15) is 0 Å². The highest BCUT2D eigenvalue weighted by Crippen LogP contribution is 2.25. The lowest BCUT2D eigenvalue weighted by Gasteiger charge is -2.15. The van der Waals surface area contributed by atoms with Crippen molar-refractivity contribution in [2.24, 2.45) is 5.73 Å². The summed E-state index contributed by atoms with van der Waals surface area (Å²) >= 11 is 0. The Balaban J connectivity index is 2.59. The van der Waals surface area contributed by atoms with Gasteiger partial charge < -0.3 is 10.5 Å². The largest absolute Gasteiger partial charge is 0.375 e. The maximum absolute atomic E-state index is 5.68. The minimum atomic E-state index is -0.0175. The summed E-state index contributed by atoms with van der Waals surface area (Å²) in [7, 11) is 1.69. The lowest BCUT2D eigenvalue weighted by Crippen LogP contribution is -2.14. The molecule has 0 unspecified atom stereocenters. The molecule has 0 amide bonds. The van der Waals surface area contributed by atoms with Crippen molar-refractivity contribution in [1.82, 2.24) is 0 Å². The Labute approximate surface area is 89.7 Å². The molecule has 15 heavy (non-hydrogen) atoms. The van der Waals surface area contributed by atoms with Crippen LogP contribution in [-0.4, -0.2) is 13.7 Å². The number of nitrogens with two attached hydrogens (primary N) is 1. The predicted molar refractivity (Wildman–Crippen MR) is 62.8 cm³/mol. The van der Waals surface area contributed by atoms with Gasteiger partial charge in [0.05, 0.1) is 6.10 Å². The van der Waals surface area contributed by atoms with E-state index in [1.165, 1.54) is 10.8 Å². The van der Waals surface area contributed by atoms with Crippen molar-refractivity contribution in [2.45, 2.75) is 6.10 Å². The van der Waals surface area contributed by atoms with Gasteiger partial charge in [0.25, 0.3) is 0 Å². The lowest BCUT2D eigenvalue weighted by atomic mass is 10.0. The van der Waals surface area contributed by atoms with E-state index >= 15 is 0 Å². The first-order valence-electron chi connectivity index (χ1n) is 5.07. The highest BCUT2D eigenvalue weighted by molar-refractivity contribution is 5.86. The predicted octanol–water partition coefficient (Wildman–Crippen LogP) is 2.49. The van der Waals surface area contributed by atoms with Gasteiger partial charge in [0.1, 0.15) is 0 Å². The van der Waals surface area contributed by atoms with Crippen LogP contribution in [0.25, 0.3) is 10.8 Å². The molecular formula is C13H15NO. The van der Waals surface area contributed by atoms with E-state index in [2.05, 4.69) is 24.3 Å². The SMILES string of the molecule is CO[C@H](CN)c1cccc2ccccc12. The summed E-state index contributed by atoms with van der Waals surface area (Å²) in [6.07, 6.45) is -0.0175. The van der Waals surface area contributed by atoms with Crippen molar-refractivity contribution in [3.8, 4) is 0 Å². The fraction of sp³-hybridized carbons (Fsp3) is 0.231. The fourth-order valence-corrected chi connectivity index (χ4v) is 1.88. The Hall–Kier alpha value is -1.38. The van der Waals surface area contributed by atoms with E-state index < -0.39 is 0 Å². The molecule has 2 rings (SSSR count). The molecule has 2 N–H and O–H groups in total. The van der Waals surface area contributed by atoms with E-state index in [0.29, 0.717) is 6.54 Å². The highest BCUT2D eigenvalue weighted by Gasteiger charge is 2.10. The second kappa shape index (κ2) is 4.43. The number of hydrogen-bond acceptors (Lipinski definition) is 2. The van der Waals surface area contributed by atoms with Crippen molar-refractivity contribution < 1.29 is 4.74 Å². The van der Waals surface area contributed by atoms with Gasteiger partial charge in [-0.2, -0.15) is 0 Å². The Kier molecular flexibility index (Phi) is 2.99. The van der Waals surface area contributed by atoms with E-state index in [4.69, 9.17) is 10.5 Å². The zero-order valence-electron chi connectivity index (χ0n) is 8.81. The molecule has 0 aliphatic carbocycles. The summed E-state index contributed by atoms with van der Waals surface area (Å²) in [6.45, 7) is 0.504. The van der Waals surface area contributed by atoms with Crippen LogP contribution in [0.3, 0.4) is 0 Å². The Bertz CT molecular complexity index is 444. The van der Waals surface area contributed by atoms with Gasteiger partial charge in [-0.15, -0.1) is 0 Å². The van der Waals surface area contributed by atoms with Crippen LogP contribution in [0, 0.1) is 0 Å². The van der Waals surface area contributed by atoms with Gasteiger partial charge in [-0.25, -0.2) is 0 Å². The second-order valence-corrected chi connectivity index (χ2v) is 3.53. The molecule has 0 fully saturated rings. The van der Waals surface area contributed by atoms with Crippen molar-refractivity contribution in [3.63, 3.8) is 0 Å². The standard InChI is InChI=1S/C13H15NO/c1-15-13(9-14)12-8-4-6-10-5-2-3-7-11(10)12/h2-8,13H,9,14H2,1H3/t13-/m1/s1. The monoisotopic (exact) mass is 201 g/mol. The summed E-state index contributed by atoms with van der Waals surface area (Å²) in [6, 6.07) is 14.5. The number of ether oxygens (including phenoxy) is 1. The van der Waals surface area contributed by atoms with Crippen LogP contribution >= 0.6 is 0 Å². The number of rotatable bonds is 3. The van der Waals surface area contributed by atoms with Crippen molar-refractivity contribution >= 4 is 10.8 Å². The van der Waals surface area contributed by atoms with Gasteiger partial charge in [0, 0.05) is 13.7 Å². The molecule has 2 heteroatoms. The molecule has 0 heterocycles. The first-order chi connectivity index (χ1) is 7.36. The summed E-state index contributed by atoms with van der Waals surface area (Å²) in [5, 5.41) is 2.45. The molecule has 2 aromatic rings. The molecule has 0 aliphatic rings. The van der Waals surface area contributed by atoms with Gasteiger partial charge >= 0.3 is 0 Å². The summed E-state index contributed by atoms with van der Waals surface area (Å²) in [5.74, 6) is 0. The third-order valence-electron chi connectivity index (χ3n) is 2.67. The van der Waals surface area contributed by atoms with Crippen LogP contribution < -0.4 is 5.73 Å². The second-order valence-electron chi connectivity index (χ2n) is 3.53. The van der Waals surface area contributed by atoms with Crippen molar-refractivity contribution in [2.75, 3.05) is 13.7 Å². The van der Waals surface area contributed by atoms with Gasteiger partial charge in [-0.1, -0.05) is 42.5 Å². The molecule has 2 aromatic carbocycles. The van der Waals surface area contributed by atoms with Crippen molar-refractivity contribution in [1.29, 1.82) is 0 Å². The molecule has 0 bridgehead atoms. The van der Waals surface area contributed by atoms with Crippen LogP contribution in [0.2, 0.25) is 0 Å². The number of benzene rings is 2. The normalized spacial score (nSPS) is 12.9. The number of fused-ring (bicyclic) bond motifs is 1. The lowest BCUT2D eigenvalue weighted by molar-refractivity contribution is 0.112. The highest BCUT2D eigenvalue weighted by atomic mass is 16.5. The molecular weight excluding hydrogens is 186 g/mol. The molecule has 0 aromatic heterocycles. The van der Waals surface area contributed by atoms with Gasteiger partial charge in [0.2, 0.25) is 0 Å². The van der Waals surface area contributed by atoms with Crippen LogP contribution in [-0.2, 0) is 4.74 Å². The molecule has 0 saturated heterocycles. The van der Waals surface area contributed by atoms with E-state index in [1.807, 2.05) is 18.2 Å². The molecule has 0 aliphatic heterocycles. The van der Waals surface area contributed by atoms with Gasteiger partial charge in [-0.05, 0) is 16.3 Å². The zero-order valence-corrected chi connectivity index (χ0v) is 8.81. The quantitative estimate of drug-likeness (QED) is 0.828. The summed E-state index contributed by atoms with van der Waals surface area (Å²) < 4.78 is 5.37. The molecule has 2 nitrogen and oxygen atoms in total. The first-order valence-corrected chi connectivity index (χ1v) is 5.07. The molecule has 78 valence electrons. The van der Waals surface area contributed by atoms with Crippen LogP contribution in [0.5, 0.6) is 0 Å².